The molecule has 3 N–H and O–H groups in total. The third kappa shape index (κ3) is 7.37. The van der Waals surface area contributed by atoms with E-state index in [0.717, 1.165) is 44.5 Å². The molecule has 0 saturated carbocycles. The van der Waals surface area contributed by atoms with Gasteiger partial charge in [-0.2, -0.15) is 13.2 Å². The minimum absolute atomic E-state index is 0. The molecule has 2 rings (SSSR count). The molecule has 1 saturated heterocycles. The average Bonchev–Trinajstić information content (AvgIpc) is 2.59. The molecule has 10 heteroatoms. The highest BCUT2D eigenvalue weighted by Crippen LogP contribution is 2.36. The molecule has 1 aromatic carbocycles. The number of anilines is 2. The highest BCUT2D eigenvalue weighted by molar-refractivity contribution is 5.95. The minimum atomic E-state index is -4.47. The van der Waals surface area contributed by atoms with Crippen molar-refractivity contribution in [2.75, 3.05) is 37.0 Å². The Balaban J connectivity index is 0.00000338. The number of piperidine rings is 1. The van der Waals surface area contributed by atoms with Crippen LogP contribution < -0.4 is 16.0 Å². The summed E-state index contributed by atoms with van der Waals surface area (Å²) in [7, 11) is 1.44. The molecule has 0 spiro atoms. The molecule has 1 aliphatic rings. The van der Waals surface area contributed by atoms with Crippen LogP contribution in [0.2, 0.25) is 0 Å². The number of nitrogens with one attached hydrogen (secondary N) is 1. The van der Waals surface area contributed by atoms with E-state index in [1.165, 1.54) is 13.2 Å². The van der Waals surface area contributed by atoms with Crippen molar-refractivity contribution in [2.45, 2.75) is 38.0 Å². The number of carbonyl (C=O) groups excluding carboxylic acids is 1. The van der Waals surface area contributed by atoms with Crippen LogP contribution in [-0.4, -0.2) is 38.8 Å². The van der Waals surface area contributed by atoms with E-state index in [4.69, 9.17) is 10.5 Å². The zero-order chi connectivity index (χ0) is 18.4. The number of halogens is 5. The lowest BCUT2D eigenvalue weighted by Crippen LogP contribution is -2.31. The monoisotopic (exact) mass is 431 g/mol. The fourth-order valence-electron chi connectivity index (χ4n) is 2.89. The number of benzene rings is 1. The lowest BCUT2D eigenvalue weighted by atomic mass is 10.1. The first-order valence-electron chi connectivity index (χ1n) is 8.34. The third-order valence-corrected chi connectivity index (χ3v) is 4.30. The summed E-state index contributed by atoms with van der Waals surface area (Å²) in [6, 6.07) is 3.48. The Hall–Kier alpha value is -1.22. The molecule has 1 aliphatic heterocycles. The number of nitrogens with zero attached hydrogens (tertiary/aromatic N) is 1. The van der Waals surface area contributed by atoms with Gasteiger partial charge in [0.25, 0.3) is 0 Å². The quantitative estimate of drug-likeness (QED) is 0.717. The van der Waals surface area contributed by atoms with E-state index in [1.807, 2.05) is 4.90 Å². The first-order valence-corrected chi connectivity index (χ1v) is 8.34. The molecule has 5 nitrogen and oxygen atoms in total. The van der Waals surface area contributed by atoms with Crippen molar-refractivity contribution in [1.82, 2.24) is 0 Å². The molecule has 0 bridgehead atoms. The fraction of sp³-hybridized carbons (Fsp3) is 0.588. The van der Waals surface area contributed by atoms with Crippen LogP contribution in [0.25, 0.3) is 0 Å². The van der Waals surface area contributed by atoms with Gasteiger partial charge in [0.2, 0.25) is 5.91 Å². The number of ether oxygens (including phenoxy) is 1. The number of carbonyl (C=O) groups is 1. The van der Waals surface area contributed by atoms with E-state index < -0.39 is 23.8 Å². The largest absolute Gasteiger partial charge is 0.416 e. The summed E-state index contributed by atoms with van der Waals surface area (Å²) < 4.78 is 44.2. The summed E-state index contributed by atoms with van der Waals surface area (Å²) in [5.41, 5.74) is 5.49. The molecular weight excluding hydrogens is 406 g/mol. The standard InChI is InChI=1S/C17H24F3N3O2.2ClH/c1-25-13(11-21)10-16(24)22-14-9-12(17(18,19)20)5-6-15(14)23-7-3-2-4-8-23;;/h5-6,9,13H,2-4,7-8,10-11,21H2,1H3,(H,22,24);2*1H. The van der Waals surface area contributed by atoms with E-state index in [9.17, 15) is 18.0 Å². The van der Waals surface area contributed by atoms with Crippen LogP contribution in [0, 0.1) is 0 Å². The van der Waals surface area contributed by atoms with Gasteiger partial charge < -0.3 is 20.7 Å². The predicted octanol–water partition coefficient (Wildman–Crippen LogP) is 3.84. The topological polar surface area (TPSA) is 67.6 Å². The highest BCUT2D eigenvalue weighted by Gasteiger charge is 2.32. The Morgan fingerprint density at radius 3 is 2.41 bits per heavy atom. The van der Waals surface area contributed by atoms with Gasteiger partial charge in [0.05, 0.1) is 29.5 Å². The minimum Gasteiger partial charge on any atom is -0.380 e. The summed E-state index contributed by atoms with van der Waals surface area (Å²) in [5, 5.41) is 2.60. The van der Waals surface area contributed by atoms with Crippen molar-refractivity contribution in [3.8, 4) is 0 Å². The molecule has 0 radical (unpaired) electrons. The summed E-state index contributed by atoms with van der Waals surface area (Å²) in [6.07, 6.45) is -1.88. The number of methoxy groups -OCH3 is 1. The van der Waals surface area contributed by atoms with E-state index in [0.29, 0.717) is 5.69 Å². The maximum atomic E-state index is 13.0. The number of hydrogen-bond donors (Lipinski definition) is 2. The molecule has 27 heavy (non-hydrogen) atoms. The number of alkyl halides is 3. The Morgan fingerprint density at radius 2 is 1.89 bits per heavy atom. The van der Waals surface area contributed by atoms with Crippen molar-refractivity contribution >= 4 is 42.1 Å². The van der Waals surface area contributed by atoms with Gasteiger partial charge in [-0.05, 0) is 37.5 Å². The van der Waals surface area contributed by atoms with Crippen molar-refractivity contribution in [3.05, 3.63) is 23.8 Å². The van der Waals surface area contributed by atoms with Crippen molar-refractivity contribution in [1.29, 1.82) is 0 Å². The summed E-state index contributed by atoms with van der Waals surface area (Å²) in [6.45, 7) is 1.68. The van der Waals surface area contributed by atoms with Crippen LogP contribution in [0.5, 0.6) is 0 Å². The molecule has 1 heterocycles. The van der Waals surface area contributed by atoms with Gasteiger partial charge in [0.1, 0.15) is 0 Å². The van der Waals surface area contributed by atoms with Crippen molar-refractivity contribution in [2.24, 2.45) is 5.73 Å². The van der Waals surface area contributed by atoms with E-state index in [-0.39, 0.29) is 43.5 Å². The molecular formula is C17H26Cl2F3N3O2. The van der Waals surface area contributed by atoms with Crippen LogP contribution in [0.4, 0.5) is 24.5 Å². The first kappa shape index (κ1) is 25.8. The van der Waals surface area contributed by atoms with Crippen LogP contribution in [0.3, 0.4) is 0 Å². The van der Waals surface area contributed by atoms with Crippen LogP contribution >= 0.6 is 24.8 Å². The highest BCUT2D eigenvalue weighted by atomic mass is 35.5. The number of nitrogens with two attached hydrogens (primary N) is 1. The van der Waals surface area contributed by atoms with Crippen molar-refractivity contribution in [3.63, 3.8) is 0 Å². The Morgan fingerprint density at radius 1 is 1.26 bits per heavy atom. The van der Waals surface area contributed by atoms with Gasteiger partial charge in [0, 0.05) is 26.7 Å². The van der Waals surface area contributed by atoms with Gasteiger partial charge in [-0.15, -0.1) is 24.8 Å². The van der Waals surface area contributed by atoms with Gasteiger partial charge >= 0.3 is 6.18 Å². The summed E-state index contributed by atoms with van der Waals surface area (Å²) in [5.74, 6) is -0.421. The zero-order valence-electron chi connectivity index (χ0n) is 15.1. The molecule has 1 unspecified atom stereocenters. The van der Waals surface area contributed by atoms with Gasteiger partial charge in [-0.3, -0.25) is 4.79 Å². The average molecular weight is 432 g/mol. The second-order valence-electron chi connectivity index (χ2n) is 6.12. The number of rotatable bonds is 6. The number of hydrogen-bond acceptors (Lipinski definition) is 4. The molecule has 1 fully saturated rings. The molecule has 0 aromatic heterocycles. The second kappa shape index (κ2) is 11.6. The lowest BCUT2D eigenvalue weighted by molar-refractivity contribution is -0.137. The van der Waals surface area contributed by atoms with Crippen LogP contribution in [0.15, 0.2) is 18.2 Å². The third-order valence-electron chi connectivity index (χ3n) is 4.30. The Kier molecular flexibility index (Phi) is 11.1. The SMILES string of the molecule is COC(CN)CC(=O)Nc1cc(C(F)(F)F)ccc1N1CCCCC1.Cl.Cl. The first-order chi connectivity index (χ1) is 11.8. The maximum Gasteiger partial charge on any atom is 0.416 e. The van der Waals surface area contributed by atoms with Crippen LogP contribution in [0.1, 0.15) is 31.2 Å². The van der Waals surface area contributed by atoms with Gasteiger partial charge in [0.15, 0.2) is 0 Å². The predicted molar refractivity (Wildman–Crippen MR) is 105 cm³/mol. The summed E-state index contributed by atoms with van der Waals surface area (Å²) >= 11 is 0. The molecule has 1 aromatic rings. The maximum absolute atomic E-state index is 13.0. The smallest absolute Gasteiger partial charge is 0.380 e. The second-order valence-corrected chi connectivity index (χ2v) is 6.12. The van der Waals surface area contributed by atoms with E-state index in [2.05, 4.69) is 5.32 Å². The molecule has 156 valence electrons. The molecule has 0 aliphatic carbocycles. The lowest BCUT2D eigenvalue weighted by Gasteiger charge is -2.31. The Bertz CT molecular complexity index is 593. The molecule has 1 amide bonds. The van der Waals surface area contributed by atoms with Gasteiger partial charge in [-0.25, -0.2) is 0 Å². The normalized spacial score (nSPS) is 15.4. The number of amides is 1. The Labute approximate surface area is 169 Å². The fourth-order valence-corrected chi connectivity index (χ4v) is 2.89. The van der Waals surface area contributed by atoms with E-state index in [1.54, 1.807) is 0 Å². The zero-order valence-corrected chi connectivity index (χ0v) is 16.7. The summed E-state index contributed by atoms with van der Waals surface area (Å²) in [4.78, 5) is 14.2. The van der Waals surface area contributed by atoms with Crippen LogP contribution in [-0.2, 0) is 15.7 Å². The van der Waals surface area contributed by atoms with E-state index >= 15 is 0 Å². The van der Waals surface area contributed by atoms with Crippen molar-refractivity contribution < 1.29 is 22.7 Å². The molecule has 1 atom stereocenters. The van der Waals surface area contributed by atoms with Gasteiger partial charge in [-0.1, -0.05) is 0 Å².